The molecule has 9 nitrogen and oxygen atoms in total. The minimum atomic E-state index is -0.387. The molecule has 0 saturated carbocycles. The van der Waals surface area contributed by atoms with E-state index in [2.05, 4.69) is 9.80 Å². The van der Waals surface area contributed by atoms with Crippen molar-refractivity contribution >= 4 is 16.9 Å². The average molecular weight is 523 g/mol. The van der Waals surface area contributed by atoms with Crippen LogP contribution < -0.4 is 14.9 Å². The normalized spacial score (nSPS) is 16.2. The molecule has 38 heavy (non-hydrogen) atoms. The number of carbonyl (C=O) groups excluding carboxylic acids is 1. The number of hydrogen-bond donors (Lipinski definition) is 0. The summed E-state index contributed by atoms with van der Waals surface area (Å²) in [7, 11) is 0. The first-order chi connectivity index (χ1) is 18.5. The van der Waals surface area contributed by atoms with Gasteiger partial charge in [0.1, 0.15) is 29.6 Å². The lowest BCUT2D eigenvalue weighted by Crippen LogP contribution is -2.39. The first-order valence-corrected chi connectivity index (χ1v) is 13.2. The summed E-state index contributed by atoms with van der Waals surface area (Å²) in [5.74, 6) is 1.29. The third-order valence-electron chi connectivity index (χ3n) is 6.83. The Morgan fingerprint density at radius 2 is 1.79 bits per heavy atom. The molecule has 1 saturated heterocycles. The van der Waals surface area contributed by atoms with Crippen molar-refractivity contribution in [1.29, 1.82) is 0 Å². The van der Waals surface area contributed by atoms with Crippen LogP contribution in [-0.4, -0.2) is 68.5 Å². The third-order valence-corrected chi connectivity index (χ3v) is 6.83. The summed E-state index contributed by atoms with van der Waals surface area (Å²) >= 11 is 0. The summed E-state index contributed by atoms with van der Waals surface area (Å²) in [5, 5.41) is 0.447. The Morgan fingerprint density at radius 1 is 1.03 bits per heavy atom. The highest BCUT2D eigenvalue weighted by molar-refractivity contribution is 5.89. The number of aryl methyl sites for hydroxylation is 1. The highest BCUT2D eigenvalue weighted by Crippen LogP contribution is 2.34. The van der Waals surface area contributed by atoms with Crippen LogP contribution in [0.5, 0.6) is 17.2 Å². The van der Waals surface area contributed by atoms with Crippen LogP contribution >= 0.6 is 0 Å². The van der Waals surface area contributed by atoms with Gasteiger partial charge < -0.3 is 23.4 Å². The van der Waals surface area contributed by atoms with Gasteiger partial charge in [0, 0.05) is 26.2 Å². The molecule has 202 valence electrons. The van der Waals surface area contributed by atoms with E-state index >= 15 is 0 Å². The van der Waals surface area contributed by atoms with E-state index in [-0.39, 0.29) is 17.1 Å². The molecular weight excluding hydrogens is 488 g/mol. The van der Waals surface area contributed by atoms with Crippen LogP contribution in [-0.2, 0) is 16.0 Å². The van der Waals surface area contributed by atoms with E-state index in [9.17, 15) is 9.59 Å². The van der Waals surface area contributed by atoms with Crippen LogP contribution in [0.1, 0.15) is 41.4 Å². The van der Waals surface area contributed by atoms with Gasteiger partial charge in [-0.05, 0) is 62.7 Å². The largest absolute Gasteiger partial charge is 0.478 e. The maximum atomic E-state index is 13.4. The number of benzene rings is 2. The van der Waals surface area contributed by atoms with Crippen LogP contribution in [0.2, 0.25) is 0 Å². The SMILES string of the molecule is CCCOC(=O)c1ccc(Oc2c(C)oc3c4c(ccc3c2=O)OCN(CCCN2CCOCC2)C4)cc1. The summed E-state index contributed by atoms with van der Waals surface area (Å²) in [5.41, 5.74) is 1.59. The molecule has 3 heterocycles. The van der Waals surface area contributed by atoms with Gasteiger partial charge >= 0.3 is 5.97 Å². The minimum absolute atomic E-state index is 0.123. The maximum Gasteiger partial charge on any atom is 0.338 e. The Labute approximate surface area is 221 Å². The number of carbonyl (C=O) groups is 1. The fourth-order valence-corrected chi connectivity index (χ4v) is 4.76. The predicted octanol–water partition coefficient (Wildman–Crippen LogP) is 4.33. The second-order valence-electron chi connectivity index (χ2n) is 9.63. The molecular formula is C29H34N2O7. The van der Waals surface area contributed by atoms with Gasteiger partial charge in [-0.15, -0.1) is 0 Å². The summed E-state index contributed by atoms with van der Waals surface area (Å²) in [6.07, 6.45) is 1.78. The van der Waals surface area contributed by atoms with Crippen LogP contribution in [0.25, 0.3) is 11.0 Å². The van der Waals surface area contributed by atoms with Crippen molar-refractivity contribution in [3.8, 4) is 17.2 Å². The molecule has 2 aromatic carbocycles. The molecule has 0 atom stereocenters. The van der Waals surface area contributed by atoms with Gasteiger partial charge in [0.05, 0.1) is 36.3 Å². The molecule has 0 amide bonds. The molecule has 1 fully saturated rings. The Kier molecular flexibility index (Phi) is 8.26. The van der Waals surface area contributed by atoms with Crippen molar-refractivity contribution in [2.24, 2.45) is 0 Å². The minimum Gasteiger partial charge on any atom is -0.478 e. The number of fused-ring (bicyclic) bond motifs is 3. The summed E-state index contributed by atoms with van der Waals surface area (Å²) in [6.45, 7) is 10.7. The number of rotatable bonds is 9. The Balaban J connectivity index is 1.30. The van der Waals surface area contributed by atoms with Crippen molar-refractivity contribution in [3.05, 3.63) is 63.5 Å². The van der Waals surface area contributed by atoms with Gasteiger partial charge in [-0.3, -0.25) is 14.6 Å². The smallest absolute Gasteiger partial charge is 0.338 e. The molecule has 5 rings (SSSR count). The van der Waals surface area contributed by atoms with Gasteiger partial charge in [0.15, 0.2) is 0 Å². The van der Waals surface area contributed by atoms with Crippen LogP contribution in [0.15, 0.2) is 45.6 Å². The monoisotopic (exact) mass is 522 g/mol. The van der Waals surface area contributed by atoms with Crippen LogP contribution in [0.4, 0.5) is 0 Å². The number of ether oxygens (including phenoxy) is 4. The second-order valence-corrected chi connectivity index (χ2v) is 9.63. The zero-order valence-corrected chi connectivity index (χ0v) is 22.0. The molecule has 2 aliphatic heterocycles. The lowest BCUT2D eigenvalue weighted by molar-refractivity contribution is 0.0330. The lowest BCUT2D eigenvalue weighted by Gasteiger charge is -2.31. The fourth-order valence-electron chi connectivity index (χ4n) is 4.76. The second kappa shape index (κ2) is 12.0. The number of hydrogen-bond acceptors (Lipinski definition) is 9. The third kappa shape index (κ3) is 5.85. The van der Waals surface area contributed by atoms with E-state index in [0.717, 1.165) is 63.5 Å². The van der Waals surface area contributed by atoms with E-state index in [0.29, 0.717) is 47.9 Å². The first kappa shape index (κ1) is 26.2. The van der Waals surface area contributed by atoms with Gasteiger partial charge in [-0.1, -0.05) is 6.92 Å². The van der Waals surface area contributed by atoms with Gasteiger partial charge in [-0.2, -0.15) is 0 Å². The Bertz CT molecular complexity index is 1330. The predicted molar refractivity (Wildman–Crippen MR) is 142 cm³/mol. The van der Waals surface area contributed by atoms with Gasteiger partial charge in [0.2, 0.25) is 11.2 Å². The highest BCUT2D eigenvalue weighted by atomic mass is 16.5. The Morgan fingerprint density at radius 3 is 2.55 bits per heavy atom. The standard InChI is InChI=1S/C29H34N2O7/c1-3-15-35-29(33)21-5-7-22(8-6-21)38-27-20(2)37-28-23(26(27)32)9-10-25-24(28)18-31(19-36-25)12-4-11-30-13-16-34-17-14-30/h5-10H,3-4,11-19H2,1-2H3. The zero-order chi connectivity index (χ0) is 26.5. The summed E-state index contributed by atoms with van der Waals surface area (Å²) in [4.78, 5) is 30.1. The van der Waals surface area contributed by atoms with E-state index < -0.39 is 0 Å². The topological polar surface area (TPSA) is 90.7 Å². The fraction of sp³-hybridized carbons (Fsp3) is 0.448. The van der Waals surface area contributed by atoms with Gasteiger partial charge in [0.25, 0.3) is 0 Å². The van der Waals surface area contributed by atoms with E-state index in [4.69, 9.17) is 23.4 Å². The molecule has 0 radical (unpaired) electrons. The molecule has 1 aromatic heterocycles. The maximum absolute atomic E-state index is 13.4. The van der Waals surface area contributed by atoms with E-state index in [1.165, 1.54) is 0 Å². The summed E-state index contributed by atoms with van der Waals surface area (Å²) in [6, 6.07) is 10.1. The highest BCUT2D eigenvalue weighted by Gasteiger charge is 2.24. The molecule has 3 aromatic rings. The Hall–Kier alpha value is -3.40. The van der Waals surface area contributed by atoms with Gasteiger partial charge in [-0.25, -0.2) is 4.79 Å². The van der Waals surface area contributed by atoms with Crippen LogP contribution in [0, 0.1) is 6.92 Å². The molecule has 2 aliphatic rings. The van der Waals surface area contributed by atoms with E-state index in [1.54, 1.807) is 37.3 Å². The first-order valence-electron chi connectivity index (χ1n) is 13.2. The van der Waals surface area contributed by atoms with Crippen molar-refractivity contribution in [1.82, 2.24) is 9.80 Å². The molecule has 0 unspecified atom stereocenters. The number of morpholine rings is 1. The molecule has 0 N–H and O–H groups in total. The van der Waals surface area contributed by atoms with E-state index in [1.807, 2.05) is 13.0 Å². The van der Waals surface area contributed by atoms with Crippen molar-refractivity contribution < 1.29 is 28.2 Å². The molecule has 0 aliphatic carbocycles. The molecule has 0 spiro atoms. The average Bonchev–Trinajstić information content (AvgIpc) is 2.95. The molecule has 0 bridgehead atoms. The molecule has 9 heteroatoms. The van der Waals surface area contributed by atoms with Crippen molar-refractivity contribution in [2.75, 3.05) is 52.7 Å². The number of esters is 1. The quantitative estimate of drug-likeness (QED) is 0.381. The van der Waals surface area contributed by atoms with Crippen LogP contribution in [0.3, 0.4) is 0 Å². The lowest BCUT2D eigenvalue weighted by atomic mass is 10.1. The number of nitrogens with zero attached hydrogens (tertiary/aromatic N) is 2. The van der Waals surface area contributed by atoms with Crippen molar-refractivity contribution in [3.63, 3.8) is 0 Å². The zero-order valence-electron chi connectivity index (χ0n) is 22.0. The van der Waals surface area contributed by atoms with Crippen molar-refractivity contribution in [2.45, 2.75) is 33.2 Å². The summed E-state index contributed by atoms with van der Waals surface area (Å²) < 4.78 is 28.7.